The number of aromatic nitrogens is 2. The van der Waals surface area contributed by atoms with E-state index in [1.807, 2.05) is 17.5 Å². The maximum atomic E-state index is 13.1. The molecule has 2 amide bonds. The lowest BCUT2D eigenvalue weighted by atomic mass is 9.98. The summed E-state index contributed by atoms with van der Waals surface area (Å²) in [5.74, 6) is -1.40. The number of rotatable bonds is 8. The molecule has 0 spiro atoms. The number of nitrogens with one attached hydrogen (secondary N) is 1. The number of β-lactam (4-membered cyclic amide) rings is 1. The highest BCUT2D eigenvalue weighted by Gasteiger charge is 2.66. The number of thiophene rings is 1. The van der Waals surface area contributed by atoms with Gasteiger partial charge in [-0.15, -0.1) is 34.9 Å². The van der Waals surface area contributed by atoms with Gasteiger partial charge in [-0.2, -0.15) is 0 Å². The number of thioether (sulfide) groups is 2. The third-order valence-electron chi connectivity index (χ3n) is 4.81. The Balaban J connectivity index is 1.52. The van der Waals surface area contributed by atoms with Gasteiger partial charge in [-0.05, 0) is 17.0 Å². The van der Waals surface area contributed by atoms with Crippen molar-refractivity contribution in [1.29, 1.82) is 0 Å². The molecular formula is C19H18N4O5S3. The number of ether oxygens (including phenoxy) is 1. The molecule has 1 saturated heterocycles. The number of hydrogen-bond acceptors (Lipinski definition) is 9. The van der Waals surface area contributed by atoms with E-state index >= 15 is 0 Å². The van der Waals surface area contributed by atoms with Crippen molar-refractivity contribution in [3.8, 4) is 0 Å². The summed E-state index contributed by atoms with van der Waals surface area (Å²) < 4.78 is 5.46. The maximum absolute atomic E-state index is 13.1. The molecule has 4 rings (SSSR count). The lowest BCUT2D eigenvalue weighted by molar-refractivity contribution is -0.192. The summed E-state index contributed by atoms with van der Waals surface area (Å²) in [7, 11) is 1.34. The van der Waals surface area contributed by atoms with E-state index in [-0.39, 0.29) is 18.0 Å². The van der Waals surface area contributed by atoms with Crippen LogP contribution >= 0.6 is 34.9 Å². The van der Waals surface area contributed by atoms with Gasteiger partial charge in [0.15, 0.2) is 0 Å². The molecule has 2 aliphatic rings. The Morgan fingerprint density at radius 1 is 1.45 bits per heavy atom. The molecule has 2 atom stereocenters. The molecule has 0 radical (unpaired) electrons. The van der Waals surface area contributed by atoms with Crippen LogP contribution in [0.2, 0.25) is 0 Å². The van der Waals surface area contributed by atoms with Crippen LogP contribution in [-0.4, -0.2) is 67.5 Å². The molecule has 12 heteroatoms. The number of hydrogen-bond donors (Lipinski definition) is 2. The molecule has 1 fully saturated rings. The number of nitrogens with zero attached hydrogens (tertiary/aromatic N) is 3. The lowest BCUT2D eigenvalue weighted by Gasteiger charge is -2.55. The van der Waals surface area contributed by atoms with Crippen LogP contribution in [0.5, 0.6) is 0 Å². The fraction of sp³-hybridized carbons (Fsp3) is 0.316. The highest BCUT2D eigenvalue weighted by Crippen LogP contribution is 2.47. The van der Waals surface area contributed by atoms with E-state index < -0.39 is 23.0 Å². The summed E-state index contributed by atoms with van der Waals surface area (Å²) in [4.78, 5) is 47.9. The monoisotopic (exact) mass is 478 g/mol. The summed E-state index contributed by atoms with van der Waals surface area (Å²) in [5, 5.41) is 14.4. The van der Waals surface area contributed by atoms with Crippen molar-refractivity contribution in [3.05, 3.63) is 52.3 Å². The van der Waals surface area contributed by atoms with Gasteiger partial charge in [0.25, 0.3) is 11.6 Å². The molecule has 2 aromatic rings. The van der Waals surface area contributed by atoms with Gasteiger partial charge in [-0.3, -0.25) is 19.5 Å². The van der Waals surface area contributed by atoms with E-state index in [0.29, 0.717) is 22.1 Å². The van der Waals surface area contributed by atoms with Gasteiger partial charge >= 0.3 is 5.97 Å². The molecular weight excluding hydrogens is 460 g/mol. The summed E-state index contributed by atoms with van der Waals surface area (Å²) in [6, 6.07) is 3.68. The van der Waals surface area contributed by atoms with E-state index in [1.54, 1.807) is 18.6 Å². The highest BCUT2D eigenvalue weighted by molar-refractivity contribution is 8.01. The third-order valence-corrected chi connectivity index (χ3v) is 8.06. The van der Waals surface area contributed by atoms with Crippen LogP contribution in [0.4, 0.5) is 0 Å². The normalized spacial score (nSPS) is 22.7. The number of fused-ring (bicyclic) bond motifs is 1. The van der Waals surface area contributed by atoms with Crippen molar-refractivity contribution in [2.75, 3.05) is 18.6 Å². The standard InChI is InChI=1S/C19H18N4O5S3/c1-28-19(22-13(24)7-12-3-2-6-29-12)17(27)23-15(16(25)26)11(10-31-18(19)23)9-30-14-8-20-4-5-21-14/h2-6,8,18H,7,9-10H2,1H3,(H,22,24)(H,25,26)/t18-,19+/m1/s1. The topological polar surface area (TPSA) is 122 Å². The van der Waals surface area contributed by atoms with Crippen molar-refractivity contribution in [2.24, 2.45) is 0 Å². The minimum absolute atomic E-state index is 0.0645. The predicted molar refractivity (Wildman–Crippen MR) is 116 cm³/mol. The molecule has 2 aliphatic heterocycles. The Labute approximate surface area is 190 Å². The second kappa shape index (κ2) is 8.99. The van der Waals surface area contributed by atoms with Crippen molar-refractivity contribution < 1.29 is 24.2 Å². The number of methoxy groups -OCH3 is 1. The van der Waals surface area contributed by atoms with E-state index in [4.69, 9.17) is 4.74 Å². The van der Waals surface area contributed by atoms with Crippen LogP contribution in [0, 0.1) is 0 Å². The average Bonchev–Trinajstić information content (AvgIpc) is 3.28. The smallest absolute Gasteiger partial charge is 0.352 e. The quantitative estimate of drug-likeness (QED) is 0.331. The van der Waals surface area contributed by atoms with Crippen LogP contribution < -0.4 is 5.32 Å². The highest BCUT2D eigenvalue weighted by atomic mass is 32.2. The van der Waals surface area contributed by atoms with Crippen molar-refractivity contribution >= 4 is 52.6 Å². The van der Waals surface area contributed by atoms with E-state index in [1.165, 1.54) is 46.9 Å². The molecule has 0 saturated carbocycles. The lowest BCUT2D eigenvalue weighted by Crippen LogP contribution is -2.80. The first kappa shape index (κ1) is 21.8. The van der Waals surface area contributed by atoms with Crippen molar-refractivity contribution in [1.82, 2.24) is 20.2 Å². The zero-order valence-corrected chi connectivity index (χ0v) is 18.8. The van der Waals surface area contributed by atoms with Crippen LogP contribution in [0.15, 0.2) is 52.4 Å². The molecule has 2 N–H and O–H groups in total. The van der Waals surface area contributed by atoms with Gasteiger partial charge in [0.2, 0.25) is 5.91 Å². The first-order valence-electron chi connectivity index (χ1n) is 9.14. The molecule has 4 heterocycles. The SMILES string of the molecule is CO[C@@]1(NC(=O)Cc2cccs2)C(=O)N2C(C(=O)O)=C(CSc3cnccn3)CS[C@@H]21. The zero-order valence-electron chi connectivity index (χ0n) is 16.3. The van der Waals surface area contributed by atoms with Crippen LogP contribution in [0.3, 0.4) is 0 Å². The first-order chi connectivity index (χ1) is 15.0. The summed E-state index contributed by atoms with van der Waals surface area (Å²) in [5.41, 5.74) is -1.04. The molecule has 162 valence electrons. The van der Waals surface area contributed by atoms with E-state index in [9.17, 15) is 19.5 Å². The molecule has 0 aliphatic carbocycles. The third kappa shape index (κ3) is 4.07. The van der Waals surface area contributed by atoms with E-state index in [0.717, 1.165) is 4.88 Å². The number of aliphatic carboxylic acids is 1. The van der Waals surface area contributed by atoms with Crippen LogP contribution in [-0.2, 0) is 25.5 Å². The van der Waals surface area contributed by atoms with Gasteiger partial charge in [-0.25, -0.2) is 9.78 Å². The minimum atomic E-state index is -1.58. The molecule has 0 aromatic carbocycles. The number of carboxylic acids is 1. The Morgan fingerprint density at radius 3 is 2.94 bits per heavy atom. The predicted octanol–water partition coefficient (Wildman–Crippen LogP) is 1.59. The average molecular weight is 479 g/mol. The molecule has 0 unspecified atom stereocenters. The Bertz CT molecular complexity index is 1030. The second-order valence-electron chi connectivity index (χ2n) is 6.67. The molecule has 2 aromatic heterocycles. The molecule has 9 nitrogen and oxygen atoms in total. The summed E-state index contributed by atoms with van der Waals surface area (Å²) in [6.07, 6.45) is 4.83. The maximum Gasteiger partial charge on any atom is 0.352 e. The van der Waals surface area contributed by atoms with Gasteiger partial charge < -0.3 is 15.2 Å². The Kier molecular flexibility index (Phi) is 6.32. The van der Waals surface area contributed by atoms with E-state index in [2.05, 4.69) is 15.3 Å². The molecule has 0 bridgehead atoms. The Morgan fingerprint density at radius 2 is 2.29 bits per heavy atom. The van der Waals surface area contributed by atoms with Crippen molar-refractivity contribution in [2.45, 2.75) is 22.5 Å². The van der Waals surface area contributed by atoms with Crippen LogP contribution in [0.25, 0.3) is 0 Å². The summed E-state index contributed by atoms with van der Waals surface area (Å²) in [6.45, 7) is 0. The first-order valence-corrected chi connectivity index (χ1v) is 12.1. The van der Waals surface area contributed by atoms with Gasteiger partial charge in [0, 0.05) is 35.9 Å². The fourth-order valence-electron chi connectivity index (χ4n) is 3.40. The Hall–Kier alpha value is -2.41. The number of carbonyl (C=O) groups is 3. The summed E-state index contributed by atoms with van der Waals surface area (Å²) >= 11 is 4.15. The number of carboxylic acid groups (broad SMARTS) is 1. The zero-order chi connectivity index (χ0) is 22.0. The number of amides is 2. The van der Waals surface area contributed by atoms with Gasteiger partial charge in [0.05, 0.1) is 12.6 Å². The van der Waals surface area contributed by atoms with Gasteiger partial charge in [0.1, 0.15) is 16.1 Å². The largest absolute Gasteiger partial charge is 0.477 e. The fourth-order valence-corrected chi connectivity index (χ4v) is 6.50. The second-order valence-corrected chi connectivity index (χ2v) is 9.77. The number of carbonyl (C=O) groups excluding carboxylic acids is 2. The van der Waals surface area contributed by atoms with Gasteiger partial charge in [-0.1, -0.05) is 6.07 Å². The van der Waals surface area contributed by atoms with Crippen LogP contribution in [0.1, 0.15) is 4.88 Å². The molecule has 31 heavy (non-hydrogen) atoms. The van der Waals surface area contributed by atoms with Crippen molar-refractivity contribution in [3.63, 3.8) is 0 Å². The minimum Gasteiger partial charge on any atom is -0.477 e.